The van der Waals surface area contributed by atoms with Crippen molar-refractivity contribution in [1.29, 1.82) is 0 Å². The van der Waals surface area contributed by atoms with Gasteiger partial charge in [-0.15, -0.1) is 0 Å². The normalized spacial score (nSPS) is 31.5. The fourth-order valence-electron chi connectivity index (χ4n) is 1.49. The third-order valence-electron chi connectivity index (χ3n) is 2.24. The van der Waals surface area contributed by atoms with Crippen LogP contribution < -0.4 is 0 Å². The van der Waals surface area contributed by atoms with E-state index in [1.807, 2.05) is 0 Å². The van der Waals surface area contributed by atoms with Crippen LogP contribution in [0, 0.1) is 5.92 Å². The molecule has 1 aliphatic heterocycles. The minimum absolute atomic E-state index is 0.564. The molecular weight excluding hydrogens is 140 g/mol. The highest BCUT2D eigenvalue weighted by Crippen LogP contribution is 2.45. The van der Waals surface area contributed by atoms with Crippen LogP contribution in [0.5, 0.6) is 0 Å². The Hall–Kier alpha value is 0.350. The Morgan fingerprint density at radius 2 is 2.00 bits per heavy atom. The lowest BCUT2D eigenvalue weighted by Gasteiger charge is -2.18. The summed E-state index contributed by atoms with van der Waals surface area (Å²) in [5.41, 5.74) is 0. The fourth-order valence-corrected chi connectivity index (χ4v) is 3.05. The van der Waals surface area contributed by atoms with E-state index in [4.69, 9.17) is 0 Å². The van der Waals surface area contributed by atoms with Gasteiger partial charge in [-0.2, -0.15) is 11.8 Å². The van der Waals surface area contributed by atoms with E-state index in [1.165, 1.54) is 12.8 Å². The summed E-state index contributed by atoms with van der Waals surface area (Å²) in [5.74, 6) is 0.867. The number of hydrogen-bond acceptors (Lipinski definition) is 1. The average molecular weight is 158 g/mol. The van der Waals surface area contributed by atoms with Gasteiger partial charge in [0.15, 0.2) is 0 Å². The molecule has 0 spiro atoms. The molecule has 0 N–H and O–H groups in total. The van der Waals surface area contributed by atoms with Gasteiger partial charge in [0.05, 0.1) is 0 Å². The third kappa shape index (κ3) is 1.91. The highest BCUT2D eigenvalue weighted by molar-refractivity contribution is 8.01. The van der Waals surface area contributed by atoms with Crippen LogP contribution in [0.15, 0.2) is 0 Å². The van der Waals surface area contributed by atoms with E-state index in [1.54, 1.807) is 0 Å². The second-order valence-corrected chi connectivity index (χ2v) is 6.15. The molecule has 0 aliphatic carbocycles. The van der Waals surface area contributed by atoms with E-state index in [0.717, 1.165) is 11.2 Å². The first kappa shape index (κ1) is 8.45. The van der Waals surface area contributed by atoms with Gasteiger partial charge in [0.1, 0.15) is 0 Å². The van der Waals surface area contributed by atoms with Crippen LogP contribution in [0.1, 0.15) is 40.5 Å². The Kier molecular flexibility index (Phi) is 2.34. The largest absolute Gasteiger partial charge is 0.152 e. The molecule has 10 heavy (non-hydrogen) atoms. The van der Waals surface area contributed by atoms with Crippen molar-refractivity contribution in [2.75, 3.05) is 0 Å². The third-order valence-corrected chi connectivity index (χ3v) is 4.17. The standard InChI is InChI=1S/C9H18S/c1-7(2)8-5-6-9(3,4)10-8/h7-8H,5-6H2,1-4H3. The lowest BCUT2D eigenvalue weighted by atomic mass is 10.0. The first-order valence-corrected chi connectivity index (χ1v) is 5.07. The van der Waals surface area contributed by atoms with Crippen LogP contribution >= 0.6 is 11.8 Å². The summed E-state index contributed by atoms with van der Waals surface area (Å²) in [6.07, 6.45) is 2.83. The predicted octanol–water partition coefficient (Wildman–Crippen LogP) is 3.32. The molecule has 0 radical (unpaired) electrons. The van der Waals surface area contributed by atoms with E-state index < -0.39 is 0 Å². The molecule has 1 atom stereocenters. The minimum atomic E-state index is 0.564. The van der Waals surface area contributed by atoms with Crippen LogP contribution in [0.25, 0.3) is 0 Å². The molecule has 1 saturated heterocycles. The molecule has 0 aromatic heterocycles. The first-order valence-electron chi connectivity index (χ1n) is 4.19. The lowest BCUT2D eigenvalue weighted by Crippen LogP contribution is -2.10. The van der Waals surface area contributed by atoms with Gasteiger partial charge in [0.2, 0.25) is 0 Å². The van der Waals surface area contributed by atoms with Gasteiger partial charge >= 0.3 is 0 Å². The van der Waals surface area contributed by atoms with Gasteiger partial charge in [-0.25, -0.2) is 0 Å². The maximum Gasteiger partial charge on any atom is 0.0107 e. The lowest BCUT2D eigenvalue weighted by molar-refractivity contribution is 0.558. The van der Waals surface area contributed by atoms with Crippen LogP contribution in [0.3, 0.4) is 0 Å². The maximum atomic E-state index is 2.36. The summed E-state index contributed by atoms with van der Waals surface area (Å²) >= 11 is 2.18. The summed E-state index contributed by atoms with van der Waals surface area (Å²) in [5, 5.41) is 0.926. The molecule has 1 rings (SSSR count). The molecular formula is C9H18S. The first-order chi connectivity index (χ1) is 4.51. The average Bonchev–Trinajstić information content (AvgIpc) is 2.10. The Morgan fingerprint density at radius 3 is 2.20 bits per heavy atom. The monoisotopic (exact) mass is 158 g/mol. The van der Waals surface area contributed by atoms with Gasteiger partial charge in [-0.3, -0.25) is 0 Å². The van der Waals surface area contributed by atoms with Crippen molar-refractivity contribution in [1.82, 2.24) is 0 Å². The van der Waals surface area contributed by atoms with Crippen molar-refractivity contribution < 1.29 is 0 Å². The molecule has 1 heterocycles. The van der Waals surface area contributed by atoms with Crippen molar-refractivity contribution >= 4 is 11.8 Å². The predicted molar refractivity (Wildman–Crippen MR) is 49.5 cm³/mol. The summed E-state index contributed by atoms with van der Waals surface area (Å²) in [4.78, 5) is 0. The Labute approximate surface area is 68.8 Å². The number of thioether (sulfide) groups is 1. The molecule has 0 bridgehead atoms. The van der Waals surface area contributed by atoms with Crippen molar-refractivity contribution in [3.8, 4) is 0 Å². The second-order valence-electron chi connectivity index (χ2n) is 4.20. The molecule has 1 unspecified atom stereocenters. The quantitative estimate of drug-likeness (QED) is 0.564. The van der Waals surface area contributed by atoms with E-state index in [-0.39, 0.29) is 0 Å². The summed E-state index contributed by atoms with van der Waals surface area (Å²) in [6, 6.07) is 0. The zero-order valence-electron chi connectivity index (χ0n) is 7.48. The van der Waals surface area contributed by atoms with E-state index in [9.17, 15) is 0 Å². The molecule has 0 amide bonds. The van der Waals surface area contributed by atoms with E-state index in [0.29, 0.717) is 4.75 Å². The Balaban J connectivity index is 2.43. The smallest absolute Gasteiger partial charge is 0.0107 e. The summed E-state index contributed by atoms with van der Waals surface area (Å²) in [7, 11) is 0. The number of hydrogen-bond donors (Lipinski definition) is 0. The zero-order chi connectivity index (χ0) is 7.78. The molecule has 1 heteroatoms. The highest BCUT2D eigenvalue weighted by Gasteiger charge is 2.32. The Bertz CT molecular complexity index is 116. The van der Waals surface area contributed by atoms with Gasteiger partial charge < -0.3 is 0 Å². The van der Waals surface area contributed by atoms with E-state index >= 15 is 0 Å². The summed E-state index contributed by atoms with van der Waals surface area (Å²) in [6.45, 7) is 9.39. The van der Waals surface area contributed by atoms with Crippen LogP contribution in [0.4, 0.5) is 0 Å². The molecule has 0 saturated carbocycles. The minimum Gasteiger partial charge on any atom is -0.152 e. The molecule has 0 aromatic carbocycles. The molecule has 1 fully saturated rings. The molecule has 1 aliphatic rings. The van der Waals surface area contributed by atoms with Gasteiger partial charge in [-0.1, -0.05) is 27.7 Å². The Morgan fingerprint density at radius 1 is 1.40 bits per heavy atom. The number of rotatable bonds is 1. The van der Waals surface area contributed by atoms with Gasteiger partial charge in [-0.05, 0) is 18.8 Å². The summed E-state index contributed by atoms with van der Waals surface area (Å²) < 4.78 is 0.564. The van der Waals surface area contributed by atoms with Crippen molar-refractivity contribution in [2.24, 2.45) is 5.92 Å². The maximum absolute atomic E-state index is 2.36. The molecule has 60 valence electrons. The fraction of sp³-hybridized carbons (Fsp3) is 1.00. The van der Waals surface area contributed by atoms with Crippen LogP contribution in [-0.4, -0.2) is 10.00 Å². The van der Waals surface area contributed by atoms with Crippen molar-refractivity contribution in [2.45, 2.75) is 50.5 Å². The van der Waals surface area contributed by atoms with Crippen LogP contribution in [0.2, 0.25) is 0 Å². The van der Waals surface area contributed by atoms with Crippen LogP contribution in [-0.2, 0) is 0 Å². The van der Waals surface area contributed by atoms with Gasteiger partial charge in [0.25, 0.3) is 0 Å². The topological polar surface area (TPSA) is 0 Å². The van der Waals surface area contributed by atoms with Gasteiger partial charge in [0, 0.05) is 10.00 Å². The van der Waals surface area contributed by atoms with Crippen molar-refractivity contribution in [3.63, 3.8) is 0 Å². The van der Waals surface area contributed by atoms with Crippen molar-refractivity contribution in [3.05, 3.63) is 0 Å². The van der Waals surface area contributed by atoms with E-state index in [2.05, 4.69) is 39.5 Å². The SMILES string of the molecule is CC(C)C1CCC(C)(C)S1. The highest BCUT2D eigenvalue weighted by atomic mass is 32.2. The molecule has 0 aromatic rings. The molecule has 0 nitrogen and oxygen atoms in total. The second kappa shape index (κ2) is 2.77. The zero-order valence-corrected chi connectivity index (χ0v) is 8.29.